The van der Waals surface area contributed by atoms with Gasteiger partial charge in [0, 0.05) is 114 Å². The van der Waals surface area contributed by atoms with Crippen LogP contribution in [0.1, 0.15) is 60.4 Å². The van der Waals surface area contributed by atoms with Crippen molar-refractivity contribution in [3.05, 3.63) is 168 Å². The number of carbonyl (C=O) groups excluding carboxylic acids is 3. The van der Waals surface area contributed by atoms with Gasteiger partial charge in [0.2, 0.25) is 5.91 Å². The Hall–Kier alpha value is -8.34. The van der Waals surface area contributed by atoms with E-state index >= 15 is 0 Å². The van der Waals surface area contributed by atoms with Crippen LogP contribution >= 0.6 is 12.2 Å². The molecule has 1 aromatic heterocycles. The van der Waals surface area contributed by atoms with E-state index in [2.05, 4.69) is 26.3 Å². The summed E-state index contributed by atoms with van der Waals surface area (Å²) in [7, 11) is 0. The van der Waals surface area contributed by atoms with Crippen molar-refractivity contribution in [3.8, 4) is 28.2 Å². The molecule has 1 saturated heterocycles. The fraction of sp³-hybridized carbons (Fsp3) is 0.231. The number of amides is 1. The standard InChI is InChI=1S/C52H47N7O13S/c60-26-42-39(63)24-44(72-42)59-25-27(49(67)57-52(59)70)20-43(64)54-15-18-58(17-14-53-38-7-3-6-36-46(38)48(66)33-5-2-1-4-32(33)47(36)65)19-16-55-51(73)56-28-8-11-31(37(21-28)50(68)69)45-34-12-9-29(61)22-40(34)71-41-23-30(62)10-13-35(41)45/h1-13,21-23,25,39,42,44,53,60-61,63H,14-20,24,26H2,(H,54,64)(H,68,69)(H2,55,56,73)(H,57,67,70)/t39-,42+,44+/m0/s1. The summed E-state index contributed by atoms with van der Waals surface area (Å²) in [5, 5.41) is 53.3. The molecule has 3 atom stereocenters. The summed E-state index contributed by atoms with van der Waals surface area (Å²) in [5.41, 5.74) is 1.60. The number of hydrogen-bond donors (Lipinski definition) is 9. The lowest BCUT2D eigenvalue weighted by Gasteiger charge is -2.25. The number of nitrogens with one attached hydrogen (secondary N) is 5. The van der Waals surface area contributed by atoms with Gasteiger partial charge in [-0.25, -0.2) is 9.59 Å². The van der Waals surface area contributed by atoms with Crippen LogP contribution in [0.4, 0.5) is 11.4 Å². The average molecular weight is 1010 g/mol. The lowest BCUT2D eigenvalue weighted by Crippen LogP contribution is -2.42. The molecular formula is C52H47N7O13S. The highest BCUT2D eigenvalue weighted by atomic mass is 32.1. The van der Waals surface area contributed by atoms with Gasteiger partial charge in [-0.2, -0.15) is 0 Å². The van der Waals surface area contributed by atoms with E-state index < -0.39 is 54.6 Å². The molecule has 0 radical (unpaired) electrons. The summed E-state index contributed by atoms with van der Waals surface area (Å²) in [6.45, 7) is 1.20. The fourth-order valence-corrected chi connectivity index (χ4v) is 9.37. The number of phenols is 1. The number of aliphatic hydroxyl groups is 2. The van der Waals surface area contributed by atoms with Gasteiger partial charge in [0.05, 0.1) is 30.3 Å². The summed E-state index contributed by atoms with van der Waals surface area (Å²) in [4.78, 5) is 94.9. The second kappa shape index (κ2) is 21.2. The molecule has 3 heterocycles. The third kappa shape index (κ3) is 10.5. The van der Waals surface area contributed by atoms with E-state index in [-0.39, 0.29) is 81.9 Å². The number of carboxylic acid groups (broad SMARTS) is 1. The number of fused-ring (bicyclic) bond motifs is 4. The quantitative estimate of drug-likeness (QED) is 0.0467. The van der Waals surface area contributed by atoms with E-state index in [0.717, 1.165) is 4.57 Å². The maximum atomic E-state index is 13.7. The summed E-state index contributed by atoms with van der Waals surface area (Å²) in [6, 6.07) is 25.1. The number of phenolic OH excluding ortho intramolecular Hbond substituents is 1. The first-order valence-corrected chi connectivity index (χ1v) is 23.5. The first-order valence-electron chi connectivity index (χ1n) is 23.1. The third-order valence-electron chi connectivity index (χ3n) is 12.7. The first kappa shape index (κ1) is 49.6. The number of aromatic hydroxyl groups is 1. The molecule has 1 fully saturated rings. The predicted octanol–water partition coefficient (Wildman–Crippen LogP) is 3.29. The Morgan fingerprint density at radius 3 is 2.27 bits per heavy atom. The average Bonchev–Trinajstić information content (AvgIpc) is 3.75. The largest absolute Gasteiger partial charge is 0.508 e. The van der Waals surface area contributed by atoms with Crippen molar-refractivity contribution in [3.63, 3.8) is 0 Å². The zero-order valence-electron chi connectivity index (χ0n) is 38.7. The van der Waals surface area contributed by atoms with Gasteiger partial charge in [-0.05, 0) is 60.2 Å². The highest BCUT2D eigenvalue weighted by Crippen LogP contribution is 2.42. The molecule has 0 bridgehead atoms. The zero-order chi connectivity index (χ0) is 51.5. The number of ketones is 2. The number of aromatic carboxylic acids is 1. The monoisotopic (exact) mass is 1010 g/mol. The number of anilines is 2. The molecule has 2 aliphatic heterocycles. The van der Waals surface area contributed by atoms with Gasteiger partial charge in [-0.3, -0.25) is 38.4 Å². The highest BCUT2D eigenvalue weighted by Gasteiger charge is 2.35. The molecule has 73 heavy (non-hydrogen) atoms. The zero-order valence-corrected chi connectivity index (χ0v) is 39.5. The van der Waals surface area contributed by atoms with Gasteiger partial charge >= 0.3 is 11.7 Å². The summed E-state index contributed by atoms with van der Waals surface area (Å²) >= 11 is 5.63. The van der Waals surface area contributed by atoms with Gasteiger partial charge in [0.25, 0.3) is 5.56 Å². The molecular weight excluding hydrogens is 963 g/mol. The highest BCUT2D eigenvalue weighted by molar-refractivity contribution is 7.80. The summed E-state index contributed by atoms with van der Waals surface area (Å²) in [6.07, 6.45) is -2.13. The second-order valence-electron chi connectivity index (χ2n) is 17.4. The Morgan fingerprint density at radius 1 is 0.795 bits per heavy atom. The molecule has 5 aromatic rings. The number of carbonyl (C=O) groups is 4. The molecule has 21 heteroatoms. The van der Waals surface area contributed by atoms with Gasteiger partial charge in [-0.1, -0.05) is 42.5 Å². The van der Waals surface area contributed by atoms with Crippen LogP contribution in [0.3, 0.4) is 0 Å². The van der Waals surface area contributed by atoms with Crippen molar-refractivity contribution in [2.75, 3.05) is 56.5 Å². The van der Waals surface area contributed by atoms with Gasteiger partial charge in [0.15, 0.2) is 22.1 Å². The topological polar surface area (TPSA) is 295 Å². The van der Waals surface area contributed by atoms with Crippen molar-refractivity contribution < 1.29 is 48.8 Å². The molecule has 374 valence electrons. The van der Waals surface area contributed by atoms with Crippen molar-refractivity contribution in [2.45, 2.75) is 31.3 Å². The maximum absolute atomic E-state index is 13.7. The number of ether oxygens (including phenoxy) is 1. The number of H-pyrrole nitrogens is 1. The van der Waals surface area contributed by atoms with Crippen LogP contribution in [0.2, 0.25) is 0 Å². The molecule has 1 amide bonds. The number of aromatic amines is 1. The molecule has 2 aliphatic carbocycles. The minimum absolute atomic E-state index is 0.0149. The number of hydrogen-bond acceptors (Lipinski definition) is 15. The Balaban J connectivity index is 0.877. The number of rotatable bonds is 17. The van der Waals surface area contributed by atoms with Crippen molar-refractivity contribution in [1.82, 2.24) is 25.1 Å². The molecule has 20 nitrogen and oxygen atoms in total. The Labute approximate surface area is 419 Å². The van der Waals surface area contributed by atoms with E-state index in [0.29, 0.717) is 69.8 Å². The van der Waals surface area contributed by atoms with Crippen LogP contribution in [-0.4, -0.2) is 122 Å². The number of nitrogens with zero attached hydrogens (tertiary/aromatic N) is 2. The maximum Gasteiger partial charge on any atom is 0.336 e. The smallest absolute Gasteiger partial charge is 0.336 e. The lowest BCUT2D eigenvalue weighted by molar-refractivity contribution is -0.120. The molecule has 0 unspecified atom stereocenters. The number of benzene rings is 5. The van der Waals surface area contributed by atoms with E-state index in [1.807, 2.05) is 4.90 Å². The van der Waals surface area contributed by atoms with E-state index in [4.69, 9.17) is 21.4 Å². The number of aliphatic hydroxyl groups excluding tert-OH is 2. The minimum Gasteiger partial charge on any atom is -0.508 e. The first-order chi connectivity index (χ1) is 35.2. The Morgan fingerprint density at radius 2 is 1.52 bits per heavy atom. The molecule has 4 aliphatic rings. The molecule has 0 saturated carbocycles. The van der Waals surface area contributed by atoms with E-state index in [1.165, 1.54) is 36.5 Å². The Bertz CT molecular complexity index is 3500. The number of thiocarbonyl (C=S) groups is 1. The minimum atomic E-state index is -1.24. The van der Waals surface area contributed by atoms with E-state index in [9.17, 15) is 54.0 Å². The van der Waals surface area contributed by atoms with Crippen LogP contribution < -0.4 is 37.9 Å². The normalized spacial score (nSPS) is 16.1. The molecule has 0 spiro atoms. The van der Waals surface area contributed by atoms with Crippen molar-refractivity contribution in [1.29, 1.82) is 0 Å². The van der Waals surface area contributed by atoms with Gasteiger partial charge < -0.3 is 50.8 Å². The molecule has 9 rings (SSSR count). The molecule has 9 N–H and O–H groups in total. The van der Waals surface area contributed by atoms with Gasteiger partial charge in [0.1, 0.15) is 29.4 Å². The van der Waals surface area contributed by atoms with Crippen LogP contribution in [0.5, 0.6) is 5.75 Å². The summed E-state index contributed by atoms with van der Waals surface area (Å²) in [5.74, 6) is -2.16. The fourth-order valence-electron chi connectivity index (χ4n) is 9.15. The van der Waals surface area contributed by atoms with Crippen LogP contribution in [0.25, 0.3) is 33.4 Å². The van der Waals surface area contributed by atoms with Gasteiger partial charge in [-0.15, -0.1) is 0 Å². The predicted molar refractivity (Wildman–Crippen MR) is 272 cm³/mol. The second-order valence-corrected chi connectivity index (χ2v) is 17.8. The van der Waals surface area contributed by atoms with Crippen molar-refractivity contribution >= 4 is 63.1 Å². The summed E-state index contributed by atoms with van der Waals surface area (Å²) < 4.78 is 12.6. The third-order valence-corrected chi connectivity index (χ3v) is 12.9. The van der Waals surface area contributed by atoms with Crippen LogP contribution in [0, 0.1) is 0 Å². The number of aromatic nitrogens is 2. The molecule has 4 aromatic carbocycles. The Kier molecular flexibility index (Phi) is 14.4. The SMILES string of the molecule is O=C(Cc1cn([C@H]2C[C@H](O)[C@@H](CO)O2)c(=O)[nH]c1=O)NCCN(CCNC(=S)Nc1ccc(-c2c3ccc(=O)cc-3oc3cc(O)ccc23)c(C(=O)O)c1)CCNc1cccc2c1C(=O)c1ccccc1C2=O. The van der Waals surface area contributed by atoms with Crippen molar-refractivity contribution in [2.24, 2.45) is 0 Å². The number of carboxylic acids is 1. The lowest BCUT2D eigenvalue weighted by atomic mass is 9.83. The van der Waals surface area contributed by atoms with E-state index in [1.54, 1.807) is 66.7 Å². The van der Waals surface area contributed by atoms with Crippen LogP contribution in [-0.2, 0) is 16.0 Å². The van der Waals surface area contributed by atoms with Crippen LogP contribution in [0.15, 0.2) is 122 Å².